The Balaban J connectivity index is 1.88. The number of aryl methyl sites for hydroxylation is 1. The number of rotatable bonds is 4. The highest BCUT2D eigenvalue weighted by Gasteiger charge is 2.36. The third-order valence-corrected chi connectivity index (χ3v) is 8.04. The molecular formula is C17H22N2O7S2. The fourth-order valence-electron chi connectivity index (χ4n) is 3.26. The van der Waals surface area contributed by atoms with E-state index in [-0.39, 0.29) is 40.4 Å². The molecule has 0 spiro atoms. The van der Waals surface area contributed by atoms with Crippen LogP contribution in [0.1, 0.15) is 25.8 Å². The maximum Gasteiger partial charge on any atom is 0.265 e. The number of carbonyl (C=O) groups is 2. The van der Waals surface area contributed by atoms with Gasteiger partial charge in [-0.15, -0.1) is 0 Å². The number of sulfonamides is 1. The van der Waals surface area contributed by atoms with Gasteiger partial charge >= 0.3 is 0 Å². The molecule has 0 aromatic heterocycles. The molecule has 154 valence electrons. The first kappa shape index (κ1) is 20.6. The quantitative estimate of drug-likeness (QED) is 0.713. The smallest absolute Gasteiger partial charge is 0.265 e. The summed E-state index contributed by atoms with van der Waals surface area (Å²) in [5, 5.41) is 2.69. The summed E-state index contributed by atoms with van der Waals surface area (Å²) in [6.07, 6.45) is -0.665. The molecule has 2 atom stereocenters. The first-order chi connectivity index (χ1) is 12.9. The number of sulfone groups is 1. The number of benzene rings is 1. The first-order valence-corrected chi connectivity index (χ1v) is 12.1. The molecule has 2 amide bonds. The average molecular weight is 431 g/mol. The van der Waals surface area contributed by atoms with E-state index in [0.717, 1.165) is 0 Å². The standard InChI is InChI=1S/C17H22N2O7S2/c1-9(2)15-17(21)18-12-6-10(3)14(7-13(12)26-15)28(24,25)19-16(20)11-4-5-27(22,23)8-11/h6-7,9,11,15H,4-5,8H2,1-3H3,(H,18,21)(H,19,20). The van der Waals surface area contributed by atoms with Gasteiger partial charge < -0.3 is 10.1 Å². The summed E-state index contributed by atoms with van der Waals surface area (Å²) in [5.74, 6) is -2.46. The Kier molecular flexibility index (Phi) is 5.17. The largest absolute Gasteiger partial charge is 0.478 e. The van der Waals surface area contributed by atoms with Crippen LogP contribution in [0.25, 0.3) is 0 Å². The van der Waals surface area contributed by atoms with E-state index in [2.05, 4.69) is 5.32 Å². The van der Waals surface area contributed by atoms with Gasteiger partial charge in [0.2, 0.25) is 5.91 Å². The zero-order valence-electron chi connectivity index (χ0n) is 15.7. The molecule has 1 fully saturated rings. The van der Waals surface area contributed by atoms with Crippen LogP contribution in [0.15, 0.2) is 17.0 Å². The summed E-state index contributed by atoms with van der Waals surface area (Å²) >= 11 is 0. The lowest BCUT2D eigenvalue weighted by Crippen LogP contribution is -2.41. The molecule has 3 rings (SSSR count). The number of hydrogen-bond acceptors (Lipinski definition) is 7. The Morgan fingerprint density at radius 2 is 2.00 bits per heavy atom. The molecule has 1 saturated heterocycles. The van der Waals surface area contributed by atoms with Crippen LogP contribution in [0.3, 0.4) is 0 Å². The second kappa shape index (κ2) is 7.03. The Hall–Kier alpha value is -2.14. The lowest BCUT2D eigenvalue weighted by molar-refractivity contribution is -0.125. The van der Waals surface area contributed by atoms with Crippen molar-refractivity contribution in [2.24, 2.45) is 11.8 Å². The SMILES string of the molecule is Cc1cc2c(cc1S(=O)(=O)NC(=O)C1CCS(=O)(=O)C1)OC(C(C)C)C(=O)N2. The van der Waals surface area contributed by atoms with Crippen LogP contribution < -0.4 is 14.8 Å². The van der Waals surface area contributed by atoms with E-state index in [1.165, 1.54) is 19.1 Å². The molecule has 9 nitrogen and oxygen atoms in total. The van der Waals surface area contributed by atoms with Gasteiger partial charge in [-0.05, 0) is 30.9 Å². The Morgan fingerprint density at radius 1 is 1.32 bits per heavy atom. The second-order valence-corrected chi connectivity index (χ2v) is 11.3. The molecule has 0 aliphatic carbocycles. The van der Waals surface area contributed by atoms with Crippen LogP contribution in [-0.4, -0.2) is 46.3 Å². The number of nitrogens with one attached hydrogen (secondary N) is 2. The van der Waals surface area contributed by atoms with Gasteiger partial charge in [-0.2, -0.15) is 0 Å². The summed E-state index contributed by atoms with van der Waals surface area (Å²) in [6, 6.07) is 2.73. The molecular weight excluding hydrogens is 408 g/mol. The van der Waals surface area contributed by atoms with Crippen LogP contribution >= 0.6 is 0 Å². The minimum absolute atomic E-state index is 0.0953. The average Bonchev–Trinajstić information content (AvgIpc) is 2.93. The molecule has 2 aliphatic heterocycles. The van der Waals surface area contributed by atoms with E-state index in [1.807, 2.05) is 4.72 Å². The Labute approximate surface area is 163 Å². The molecule has 2 heterocycles. The molecule has 0 radical (unpaired) electrons. The molecule has 2 N–H and O–H groups in total. The molecule has 1 aromatic carbocycles. The number of ether oxygens (including phenoxy) is 1. The van der Waals surface area contributed by atoms with Crippen molar-refractivity contribution in [3.8, 4) is 5.75 Å². The lowest BCUT2D eigenvalue weighted by Gasteiger charge is -2.29. The second-order valence-electron chi connectivity index (χ2n) is 7.46. The normalized spacial score (nSPS) is 23.6. The topological polar surface area (TPSA) is 136 Å². The van der Waals surface area contributed by atoms with Crippen molar-refractivity contribution in [1.29, 1.82) is 0 Å². The van der Waals surface area contributed by atoms with Gasteiger partial charge in [0.05, 0.1) is 28.0 Å². The molecule has 2 unspecified atom stereocenters. The predicted molar refractivity (Wildman–Crippen MR) is 101 cm³/mol. The number of carbonyl (C=O) groups excluding carboxylic acids is 2. The van der Waals surface area contributed by atoms with Gasteiger partial charge in [-0.3, -0.25) is 9.59 Å². The third-order valence-electron chi connectivity index (χ3n) is 4.78. The highest BCUT2D eigenvalue weighted by atomic mass is 32.2. The van der Waals surface area contributed by atoms with E-state index >= 15 is 0 Å². The number of fused-ring (bicyclic) bond motifs is 1. The van der Waals surface area contributed by atoms with Crippen LogP contribution in [0.4, 0.5) is 5.69 Å². The zero-order chi connectivity index (χ0) is 20.9. The Bertz CT molecular complexity index is 1050. The van der Waals surface area contributed by atoms with E-state index in [1.54, 1.807) is 13.8 Å². The van der Waals surface area contributed by atoms with Crippen molar-refractivity contribution in [3.05, 3.63) is 17.7 Å². The minimum Gasteiger partial charge on any atom is -0.478 e. The minimum atomic E-state index is -4.24. The van der Waals surface area contributed by atoms with Crippen molar-refractivity contribution in [3.63, 3.8) is 0 Å². The first-order valence-electron chi connectivity index (χ1n) is 8.79. The number of anilines is 1. The van der Waals surface area contributed by atoms with Gasteiger partial charge in [0.15, 0.2) is 15.9 Å². The van der Waals surface area contributed by atoms with Crippen molar-refractivity contribution in [2.75, 3.05) is 16.8 Å². The van der Waals surface area contributed by atoms with Crippen LogP contribution in [0, 0.1) is 18.8 Å². The van der Waals surface area contributed by atoms with Gasteiger partial charge in [0.25, 0.3) is 15.9 Å². The van der Waals surface area contributed by atoms with Crippen LogP contribution in [0.2, 0.25) is 0 Å². The van der Waals surface area contributed by atoms with Gasteiger partial charge in [0, 0.05) is 6.07 Å². The molecule has 11 heteroatoms. The van der Waals surface area contributed by atoms with Crippen molar-refractivity contribution >= 4 is 37.4 Å². The maximum atomic E-state index is 12.7. The van der Waals surface area contributed by atoms with Crippen LogP contribution in [-0.2, 0) is 29.4 Å². The summed E-state index contributed by atoms with van der Waals surface area (Å²) in [5.41, 5.74) is 0.663. The number of hydrogen-bond donors (Lipinski definition) is 2. The van der Waals surface area contributed by atoms with Gasteiger partial charge in [0.1, 0.15) is 5.75 Å². The number of amides is 2. The van der Waals surface area contributed by atoms with Crippen molar-refractivity contribution in [2.45, 2.75) is 38.2 Å². The van der Waals surface area contributed by atoms with Crippen molar-refractivity contribution < 1.29 is 31.2 Å². The molecule has 1 aromatic rings. The van der Waals surface area contributed by atoms with Crippen LogP contribution in [0.5, 0.6) is 5.75 Å². The molecule has 0 bridgehead atoms. The highest BCUT2D eigenvalue weighted by molar-refractivity contribution is 7.91. The molecule has 2 aliphatic rings. The van der Waals surface area contributed by atoms with E-state index < -0.39 is 37.8 Å². The van der Waals surface area contributed by atoms with E-state index in [0.29, 0.717) is 11.3 Å². The maximum absolute atomic E-state index is 12.7. The Morgan fingerprint density at radius 3 is 2.57 bits per heavy atom. The van der Waals surface area contributed by atoms with Gasteiger partial charge in [-0.1, -0.05) is 13.8 Å². The van der Waals surface area contributed by atoms with E-state index in [4.69, 9.17) is 4.74 Å². The summed E-state index contributed by atoms with van der Waals surface area (Å²) < 4.78 is 56.1. The third kappa shape index (κ3) is 4.00. The highest BCUT2D eigenvalue weighted by Crippen LogP contribution is 2.35. The molecule has 0 saturated carbocycles. The molecule has 28 heavy (non-hydrogen) atoms. The lowest BCUT2D eigenvalue weighted by atomic mass is 10.0. The fourth-order valence-corrected chi connectivity index (χ4v) is 6.29. The monoisotopic (exact) mass is 430 g/mol. The summed E-state index contributed by atoms with van der Waals surface area (Å²) in [7, 11) is -7.55. The predicted octanol–water partition coefficient (Wildman–Crippen LogP) is 0.590. The zero-order valence-corrected chi connectivity index (χ0v) is 17.3. The summed E-state index contributed by atoms with van der Waals surface area (Å²) in [4.78, 5) is 24.2. The van der Waals surface area contributed by atoms with E-state index in [9.17, 15) is 26.4 Å². The fraction of sp³-hybridized carbons (Fsp3) is 0.529. The van der Waals surface area contributed by atoms with Gasteiger partial charge in [-0.25, -0.2) is 21.6 Å². The summed E-state index contributed by atoms with van der Waals surface area (Å²) in [6.45, 7) is 5.13. The van der Waals surface area contributed by atoms with Crippen molar-refractivity contribution in [1.82, 2.24) is 4.72 Å².